The summed E-state index contributed by atoms with van der Waals surface area (Å²) in [5.41, 5.74) is 2.27. The molecule has 9 heteroatoms. The molecule has 3 aromatic rings. The molecule has 0 radical (unpaired) electrons. The summed E-state index contributed by atoms with van der Waals surface area (Å²) in [7, 11) is 1.64. The van der Waals surface area contributed by atoms with Crippen molar-refractivity contribution in [2.75, 3.05) is 51.4 Å². The Morgan fingerprint density at radius 2 is 2.06 bits per heavy atom. The highest BCUT2D eigenvalue weighted by Gasteiger charge is 2.25. The molecule has 1 amide bonds. The second-order valence-electron chi connectivity index (χ2n) is 8.30. The smallest absolute Gasteiger partial charge is 0.280 e. The molecular weight excluding hydrogens is 426 g/mol. The molecule has 0 spiro atoms. The first-order valence-corrected chi connectivity index (χ1v) is 11.9. The Balaban J connectivity index is 1.59. The number of aromatic nitrogens is 3. The van der Waals surface area contributed by atoms with E-state index in [0.29, 0.717) is 17.4 Å². The largest absolute Gasteiger partial charge is 0.497 e. The number of benzene rings is 1. The Hall–Kier alpha value is -2.49. The third-order valence-electron chi connectivity index (χ3n) is 5.65. The van der Waals surface area contributed by atoms with Gasteiger partial charge in [-0.2, -0.15) is 5.10 Å². The Kier molecular flexibility index (Phi) is 7.07. The maximum atomic E-state index is 13.6. The van der Waals surface area contributed by atoms with Gasteiger partial charge in [-0.25, -0.2) is 4.98 Å². The zero-order valence-corrected chi connectivity index (χ0v) is 20.0. The van der Waals surface area contributed by atoms with Crippen molar-refractivity contribution in [3.8, 4) is 5.75 Å². The molecule has 4 rings (SSSR count). The van der Waals surface area contributed by atoms with Crippen LogP contribution >= 0.6 is 11.3 Å². The van der Waals surface area contributed by atoms with E-state index in [-0.39, 0.29) is 11.9 Å². The fraction of sp³-hybridized carbons (Fsp3) is 0.522. The monoisotopic (exact) mass is 457 g/mol. The van der Waals surface area contributed by atoms with Crippen LogP contribution in [0.25, 0.3) is 10.2 Å². The van der Waals surface area contributed by atoms with Gasteiger partial charge in [-0.3, -0.25) is 19.3 Å². The number of methoxy groups -OCH3 is 1. The van der Waals surface area contributed by atoms with Crippen LogP contribution < -0.4 is 9.64 Å². The number of hydrogen-bond acceptors (Lipinski definition) is 7. The first kappa shape index (κ1) is 22.7. The number of nitrogens with zero attached hydrogens (tertiary/aromatic N) is 5. The fourth-order valence-corrected chi connectivity index (χ4v) is 4.92. The molecule has 1 aliphatic heterocycles. The predicted octanol–water partition coefficient (Wildman–Crippen LogP) is 3.76. The summed E-state index contributed by atoms with van der Waals surface area (Å²) in [6.07, 6.45) is 0.856. The molecular formula is C23H31N5O3S. The zero-order valence-electron chi connectivity index (χ0n) is 19.2. The van der Waals surface area contributed by atoms with Crippen molar-refractivity contribution in [2.24, 2.45) is 0 Å². The van der Waals surface area contributed by atoms with Crippen molar-refractivity contribution < 1.29 is 14.3 Å². The van der Waals surface area contributed by atoms with E-state index in [9.17, 15) is 4.79 Å². The van der Waals surface area contributed by atoms with Crippen LogP contribution in [0.2, 0.25) is 0 Å². The number of rotatable bonds is 8. The lowest BCUT2D eigenvalue weighted by molar-refractivity contribution is 0.0376. The quantitative estimate of drug-likeness (QED) is 0.513. The summed E-state index contributed by atoms with van der Waals surface area (Å²) >= 11 is 1.52. The van der Waals surface area contributed by atoms with E-state index >= 15 is 0 Å². The van der Waals surface area contributed by atoms with Crippen LogP contribution in [0.3, 0.4) is 0 Å². The maximum absolute atomic E-state index is 13.6. The lowest BCUT2D eigenvalue weighted by atomic mass is 10.3. The van der Waals surface area contributed by atoms with E-state index in [1.165, 1.54) is 11.3 Å². The number of amides is 1. The number of carbonyl (C=O) groups is 1. The number of aryl methyl sites for hydroxylation is 1. The van der Waals surface area contributed by atoms with E-state index in [4.69, 9.17) is 14.5 Å². The number of ether oxygens (including phenoxy) is 2. The van der Waals surface area contributed by atoms with Crippen LogP contribution in [-0.2, 0) is 4.74 Å². The highest BCUT2D eigenvalue weighted by molar-refractivity contribution is 7.22. The van der Waals surface area contributed by atoms with Gasteiger partial charge < -0.3 is 9.47 Å². The van der Waals surface area contributed by atoms with Gasteiger partial charge in [0.2, 0.25) is 0 Å². The van der Waals surface area contributed by atoms with E-state index in [2.05, 4.69) is 23.8 Å². The minimum Gasteiger partial charge on any atom is -0.497 e. The van der Waals surface area contributed by atoms with Gasteiger partial charge >= 0.3 is 0 Å². The van der Waals surface area contributed by atoms with Gasteiger partial charge in [-0.15, -0.1) is 0 Å². The molecule has 3 heterocycles. The van der Waals surface area contributed by atoms with Gasteiger partial charge in [-0.1, -0.05) is 11.3 Å². The van der Waals surface area contributed by atoms with Crippen LogP contribution in [0, 0.1) is 6.92 Å². The Labute approximate surface area is 192 Å². The third kappa shape index (κ3) is 4.95. The number of carbonyl (C=O) groups excluding carboxylic acids is 1. The van der Waals surface area contributed by atoms with Crippen molar-refractivity contribution in [1.29, 1.82) is 0 Å². The summed E-state index contributed by atoms with van der Waals surface area (Å²) in [6.45, 7) is 11.0. The average molecular weight is 458 g/mol. The number of morpholine rings is 1. The molecule has 8 nitrogen and oxygen atoms in total. The minimum absolute atomic E-state index is 0.111. The Morgan fingerprint density at radius 3 is 2.75 bits per heavy atom. The van der Waals surface area contributed by atoms with Gasteiger partial charge in [-0.05, 0) is 45.4 Å². The lowest BCUT2D eigenvalue weighted by Crippen LogP contribution is -2.39. The molecule has 0 atom stereocenters. The standard InChI is InChI=1S/C23H31N5O3S/c1-16(2)28-17(3)14-20(25-28)22(29)27(9-5-8-26-10-12-31-13-11-26)23-24-19-15-18(30-4)6-7-21(19)32-23/h6-7,14-16H,5,8-13H2,1-4H3. The molecule has 0 saturated carbocycles. The van der Waals surface area contributed by atoms with Crippen molar-refractivity contribution in [3.05, 3.63) is 35.7 Å². The predicted molar refractivity (Wildman–Crippen MR) is 127 cm³/mol. The molecule has 0 N–H and O–H groups in total. The van der Waals surface area contributed by atoms with Crippen LogP contribution in [0.4, 0.5) is 5.13 Å². The summed E-state index contributed by atoms with van der Waals surface area (Å²) < 4.78 is 13.7. The van der Waals surface area contributed by atoms with Crippen molar-refractivity contribution in [3.63, 3.8) is 0 Å². The van der Waals surface area contributed by atoms with Crippen molar-refractivity contribution in [1.82, 2.24) is 19.7 Å². The first-order chi connectivity index (χ1) is 15.5. The highest BCUT2D eigenvalue weighted by atomic mass is 32.1. The van der Waals surface area contributed by atoms with Gasteiger partial charge in [0, 0.05) is 44.0 Å². The molecule has 0 aliphatic carbocycles. The third-order valence-corrected chi connectivity index (χ3v) is 6.71. The molecule has 32 heavy (non-hydrogen) atoms. The van der Waals surface area contributed by atoms with Crippen LogP contribution in [0.15, 0.2) is 24.3 Å². The molecule has 0 unspecified atom stereocenters. The summed E-state index contributed by atoms with van der Waals surface area (Å²) in [6, 6.07) is 7.88. The van der Waals surface area contributed by atoms with Gasteiger partial charge in [0.05, 0.1) is 30.5 Å². The van der Waals surface area contributed by atoms with Gasteiger partial charge in [0.15, 0.2) is 10.8 Å². The highest BCUT2D eigenvalue weighted by Crippen LogP contribution is 2.32. The lowest BCUT2D eigenvalue weighted by Gasteiger charge is -2.27. The molecule has 2 aromatic heterocycles. The maximum Gasteiger partial charge on any atom is 0.280 e. The van der Waals surface area contributed by atoms with Crippen LogP contribution in [-0.4, -0.2) is 72.1 Å². The van der Waals surface area contributed by atoms with Crippen LogP contribution in [0.1, 0.15) is 42.5 Å². The number of thiazole rings is 1. The normalized spacial score (nSPS) is 14.9. The summed E-state index contributed by atoms with van der Waals surface area (Å²) in [4.78, 5) is 22.5. The molecule has 1 aromatic carbocycles. The number of hydrogen-bond donors (Lipinski definition) is 0. The van der Waals surface area contributed by atoms with Crippen molar-refractivity contribution >= 4 is 32.6 Å². The van der Waals surface area contributed by atoms with E-state index in [1.54, 1.807) is 12.0 Å². The molecule has 0 bridgehead atoms. The zero-order chi connectivity index (χ0) is 22.7. The minimum atomic E-state index is -0.111. The second kappa shape index (κ2) is 9.97. The summed E-state index contributed by atoms with van der Waals surface area (Å²) in [5, 5.41) is 5.28. The van der Waals surface area contributed by atoms with Gasteiger partial charge in [0.25, 0.3) is 5.91 Å². The topological polar surface area (TPSA) is 72.7 Å². The van der Waals surface area contributed by atoms with Crippen LogP contribution in [0.5, 0.6) is 5.75 Å². The van der Waals surface area contributed by atoms with Crippen molar-refractivity contribution in [2.45, 2.75) is 33.2 Å². The summed E-state index contributed by atoms with van der Waals surface area (Å²) in [5.74, 6) is 0.645. The Bertz CT molecular complexity index is 1070. The molecule has 1 saturated heterocycles. The van der Waals surface area contributed by atoms with E-state index < -0.39 is 0 Å². The Morgan fingerprint density at radius 1 is 1.28 bits per heavy atom. The second-order valence-corrected chi connectivity index (χ2v) is 9.31. The molecule has 1 fully saturated rings. The van der Waals surface area contributed by atoms with Gasteiger partial charge in [0.1, 0.15) is 5.75 Å². The number of fused-ring (bicyclic) bond motifs is 1. The average Bonchev–Trinajstić information content (AvgIpc) is 3.39. The van der Waals surface area contributed by atoms with E-state index in [0.717, 1.165) is 60.9 Å². The SMILES string of the molecule is COc1ccc2sc(N(CCCN3CCOCC3)C(=O)c3cc(C)n(C(C)C)n3)nc2c1. The fourth-order valence-electron chi connectivity index (χ4n) is 3.95. The molecule has 172 valence electrons. The molecule has 1 aliphatic rings. The number of anilines is 1. The first-order valence-electron chi connectivity index (χ1n) is 11.1. The van der Waals surface area contributed by atoms with E-state index in [1.807, 2.05) is 35.9 Å².